The van der Waals surface area contributed by atoms with Gasteiger partial charge in [0.15, 0.2) is 0 Å². The highest BCUT2D eigenvalue weighted by molar-refractivity contribution is 7.89. The van der Waals surface area contributed by atoms with Crippen molar-refractivity contribution in [3.05, 3.63) is 28.7 Å². The van der Waals surface area contributed by atoms with E-state index in [9.17, 15) is 13.2 Å². The van der Waals surface area contributed by atoms with Crippen molar-refractivity contribution in [3.8, 4) is 0 Å². The Morgan fingerprint density at radius 3 is 2.86 bits per heavy atom. The van der Waals surface area contributed by atoms with Gasteiger partial charge in [0.1, 0.15) is 27.7 Å². The van der Waals surface area contributed by atoms with Crippen molar-refractivity contribution in [1.29, 1.82) is 0 Å². The molecule has 0 saturated carbocycles. The Kier molecular flexibility index (Phi) is 6.78. The maximum absolute atomic E-state index is 12.4. The molecule has 1 fully saturated rings. The second-order valence-corrected chi connectivity index (χ2v) is 8.44. The number of sulfonamides is 1. The molecule has 3 rings (SSSR count). The van der Waals surface area contributed by atoms with Crippen LogP contribution in [0.1, 0.15) is 9.67 Å². The fourth-order valence-electron chi connectivity index (χ4n) is 2.61. The fourth-order valence-corrected chi connectivity index (χ4v) is 4.98. The number of esters is 1. The zero-order valence-corrected chi connectivity index (χ0v) is 16.9. The van der Waals surface area contributed by atoms with Gasteiger partial charge in [-0.2, -0.15) is 0 Å². The summed E-state index contributed by atoms with van der Waals surface area (Å²) in [7, 11) is -2.61. The van der Waals surface area contributed by atoms with E-state index in [1.165, 1.54) is 24.9 Å². The van der Waals surface area contributed by atoms with E-state index in [0.29, 0.717) is 25.6 Å². The van der Waals surface area contributed by atoms with Crippen LogP contribution >= 0.6 is 11.3 Å². The minimum atomic E-state index is -3.82. The zero-order chi connectivity index (χ0) is 20.0. The number of carbonyl (C=O) groups excluding carboxylic acids is 1. The van der Waals surface area contributed by atoms with Gasteiger partial charge in [-0.3, -0.25) is 0 Å². The van der Waals surface area contributed by atoms with Crippen molar-refractivity contribution in [1.82, 2.24) is 14.7 Å². The second-order valence-electron chi connectivity index (χ2n) is 5.79. The standard InChI is InChI=1S/C16H21N5O5S2/c1-25-16(22)15-12(2-9-27-15)28(23,24)20-4-3-17-13-10-14(19-11-18-13)21-5-7-26-8-6-21/h2,9-11,20H,3-8H2,1H3,(H,17,18,19). The topological polar surface area (TPSA) is 123 Å². The number of nitrogens with zero attached hydrogens (tertiary/aromatic N) is 3. The van der Waals surface area contributed by atoms with E-state index in [1.54, 1.807) is 0 Å². The summed E-state index contributed by atoms with van der Waals surface area (Å²) in [6.45, 7) is 3.28. The lowest BCUT2D eigenvalue weighted by Gasteiger charge is -2.27. The van der Waals surface area contributed by atoms with Crippen molar-refractivity contribution in [2.75, 3.05) is 56.7 Å². The normalized spacial score (nSPS) is 14.7. The van der Waals surface area contributed by atoms with Crippen LogP contribution in [0.4, 0.5) is 11.6 Å². The molecule has 2 N–H and O–H groups in total. The highest BCUT2D eigenvalue weighted by Crippen LogP contribution is 2.22. The van der Waals surface area contributed by atoms with Crippen LogP contribution in [0.25, 0.3) is 0 Å². The number of thiophene rings is 1. The molecule has 152 valence electrons. The van der Waals surface area contributed by atoms with Gasteiger partial charge in [-0.25, -0.2) is 27.9 Å². The van der Waals surface area contributed by atoms with Crippen LogP contribution in [0.5, 0.6) is 0 Å². The smallest absolute Gasteiger partial charge is 0.349 e. The maximum atomic E-state index is 12.4. The number of morpholine rings is 1. The monoisotopic (exact) mass is 427 g/mol. The molecular weight excluding hydrogens is 406 g/mol. The van der Waals surface area contributed by atoms with Gasteiger partial charge in [-0.1, -0.05) is 0 Å². The van der Waals surface area contributed by atoms with Crippen LogP contribution < -0.4 is 14.9 Å². The molecule has 28 heavy (non-hydrogen) atoms. The Labute approximate surface area is 166 Å². The number of anilines is 2. The first-order chi connectivity index (χ1) is 13.5. The van der Waals surface area contributed by atoms with Crippen LogP contribution in [0.15, 0.2) is 28.7 Å². The van der Waals surface area contributed by atoms with Gasteiger partial charge in [-0.05, 0) is 11.4 Å². The number of methoxy groups -OCH3 is 1. The van der Waals surface area contributed by atoms with Crippen molar-refractivity contribution in [2.24, 2.45) is 0 Å². The first-order valence-electron chi connectivity index (χ1n) is 8.55. The first kappa shape index (κ1) is 20.5. The van der Waals surface area contributed by atoms with Crippen molar-refractivity contribution >= 4 is 39.0 Å². The summed E-state index contributed by atoms with van der Waals surface area (Å²) < 4.78 is 37.3. The number of hydrogen-bond acceptors (Lipinski definition) is 10. The highest BCUT2D eigenvalue weighted by Gasteiger charge is 2.24. The molecule has 0 spiro atoms. The maximum Gasteiger partial charge on any atom is 0.349 e. The molecule has 0 unspecified atom stereocenters. The van der Waals surface area contributed by atoms with E-state index >= 15 is 0 Å². The molecule has 0 amide bonds. The Morgan fingerprint density at radius 1 is 1.32 bits per heavy atom. The summed E-state index contributed by atoms with van der Waals surface area (Å²) in [5.41, 5.74) is 0. The third-order valence-corrected chi connectivity index (χ3v) is 6.53. The van der Waals surface area contributed by atoms with E-state index < -0.39 is 16.0 Å². The van der Waals surface area contributed by atoms with Crippen LogP contribution in [-0.4, -0.2) is 70.9 Å². The molecule has 3 heterocycles. The second kappa shape index (κ2) is 9.28. The van der Waals surface area contributed by atoms with Crippen LogP contribution in [0, 0.1) is 0 Å². The number of nitrogens with one attached hydrogen (secondary N) is 2. The molecule has 0 bridgehead atoms. The fraction of sp³-hybridized carbons (Fsp3) is 0.438. The summed E-state index contributed by atoms with van der Waals surface area (Å²) in [6.07, 6.45) is 1.46. The van der Waals surface area contributed by atoms with Crippen LogP contribution in [0.2, 0.25) is 0 Å². The minimum absolute atomic E-state index is 0.0499. The van der Waals surface area contributed by atoms with Gasteiger partial charge >= 0.3 is 5.97 Å². The van der Waals surface area contributed by atoms with Crippen LogP contribution in [-0.2, 0) is 19.5 Å². The molecule has 2 aromatic rings. The Hall–Kier alpha value is -2.28. The molecule has 12 heteroatoms. The number of rotatable bonds is 8. The van der Waals surface area contributed by atoms with Gasteiger partial charge in [-0.15, -0.1) is 11.3 Å². The van der Waals surface area contributed by atoms with Crippen molar-refractivity contribution in [3.63, 3.8) is 0 Å². The van der Waals surface area contributed by atoms with E-state index in [2.05, 4.69) is 29.6 Å². The molecule has 1 saturated heterocycles. The van der Waals surface area contributed by atoms with Crippen LogP contribution in [0.3, 0.4) is 0 Å². The molecule has 0 radical (unpaired) electrons. The number of ether oxygens (including phenoxy) is 2. The predicted molar refractivity (Wildman–Crippen MR) is 104 cm³/mol. The minimum Gasteiger partial charge on any atom is -0.465 e. The lowest BCUT2D eigenvalue weighted by molar-refractivity contribution is 0.0602. The Bertz CT molecular complexity index is 912. The summed E-state index contributed by atoms with van der Waals surface area (Å²) in [5.74, 6) is 0.717. The van der Waals surface area contributed by atoms with E-state index in [0.717, 1.165) is 30.2 Å². The molecule has 2 aromatic heterocycles. The summed E-state index contributed by atoms with van der Waals surface area (Å²) in [5, 5.41) is 4.60. The largest absolute Gasteiger partial charge is 0.465 e. The molecular formula is C16H21N5O5S2. The van der Waals surface area contributed by atoms with Gasteiger partial charge < -0.3 is 19.7 Å². The highest BCUT2D eigenvalue weighted by atomic mass is 32.2. The average molecular weight is 428 g/mol. The zero-order valence-electron chi connectivity index (χ0n) is 15.3. The third kappa shape index (κ3) is 4.95. The molecule has 1 aliphatic heterocycles. The third-order valence-electron chi connectivity index (χ3n) is 4.00. The predicted octanol–water partition coefficient (Wildman–Crippen LogP) is 0.552. The lowest BCUT2D eigenvalue weighted by Crippen LogP contribution is -2.36. The molecule has 1 aliphatic rings. The Morgan fingerprint density at radius 2 is 2.11 bits per heavy atom. The van der Waals surface area contributed by atoms with Crippen molar-refractivity contribution in [2.45, 2.75) is 4.90 Å². The van der Waals surface area contributed by atoms with Gasteiger partial charge in [0.2, 0.25) is 10.0 Å². The number of hydrogen-bond donors (Lipinski definition) is 2. The molecule has 0 aromatic carbocycles. The van der Waals surface area contributed by atoms with Crippen molar-refractivity contribution < 1.29 is 22.7 Å². The average Bonchev–Trinajstić information content (AvgIpc) is 3.23. The quantitative estimate of drug-likeness (QED) is 0.459. The van der Waals surface area contributed by atoms with E-state index in [-0.39, 0.29) is 16.3 Å². The summed E-state index contributed by atoms with van der Waals surface area (Å²) in [6, 6.07) is 3.19. The van der Waals surface area contributed by atoms with E-state index in [1.807, 2.05) is 6.07 Å². The summed E-state index contributed by atoms with van der Waals surface area (Å²) in [4.78, 5) is 22.2. The van der Waals surface area contributed by atoms with E-state index in [4.69, 9.17) is 4.74 Å². The SMILES string of the molecule is COC(=O)c1sccc1S(=O)(=O)NCCNc1cc(N2CCOCC2)ncn1. The molecule has 10 nitrogen and oxygen atoms in total. The van der Waals surface area contributed by atoms with Gasteiger partial charge in [0.05, 0.1) is 20.3 Å². The molecule has 0 atom stereocenters. The number of aromatic nitrogens is 2. The summed E-state index contributed by atoms with van der Waals surface area (Å²) >= 11 is 1.02. The molecule has 0 aliphatic carbocycles. The first-order valence-corrected chi connectivity index (χ1v) is 10.9. The van der Waals surface area contributed by atoms with Gasteiger partial charge in [0, 0.05) is 32.2 Å². The number of carbonyl (C=O) groups is 1. The van der Waals surface area contributed by atoms with Gasteiger partial charge in [0.25, 0.3) is 0 Å². The Balaban J connectivity index is 1.54. The lowest BCUT2D eigenvalue weighted by atomic mass is 10.4.